The van der Waals surface area contributed by atoms with Crippen molar-refractivity contribution in [3.05, 3.63) is 17.6 Å². The van der Waals surface area contributed by atoms with E-state index in [0.717, 1.165) is 24.4 Å². The van der Waals surface area contributed by atoms with Gasteiger partial charge in [0, 0.05) is 25.4 Å². The molecule has 19 heavy (non-hydrogen) atoms. The third-order valence-electron chi connectivity index (χ3n) is 3.54. The summed E-state index contributed by atoms with van der Waals surface area (Å²) >= 11 is 0. The van der Waals surface area contributed by atoms with E-state index in [4.69, 9.17) is 0 Å². The number of aryl methyl sites for hydroxylation is 1. The minimum Gasteiger partial charge on any atom is -0.358 e. The third-order valence-corrected chi connectivity index (χ3v) is 3.54. The summed E-state index contributed by atoms with van der Waals surface area (Å²) in [6.07, 6.45) is 7.21. The molecule has 0 saturated heterocycles. The number of aromatic nitrogens is 2. The summed E-state index contributed by atoms with van der Waals surface area (Å²) in [4.78, 5) is 22.2. The Bertz CT molecular complexity index is 459. The first-order valence-corrected chi connectivity index (χ1v) is 6.90. The minimum absolute atomic E-state index is 0.0565. The largest absolute Gasteiger partial charge is 0.358 e. The zero-order valence-electron chi connectivity index (χ0n) is 11.9. The van der Waals surface area contributed by atoms with Crippen LogP contribution in [0.25, 0.3) is 0 Å². The maximum absolute atomic E-state index is 11.9. The lowest BCUT2D eigenvalue weighted by molar-refractivity contribution is -0.129. The molecule has 0 spiro atoms. The van der Waals surface area contributed by atoms with Crippen LogP contribution in [0.5, 0.6) is 0 Å². The third kappa shape index (κ3) is 3.22. The van der Waals surface area contributed by atoms with Gasteiger partial charge in [-0.1, -0.05) is 6.42 Å². The molecule has 1 amide bonds. The average Bonchev–Trinajstić information content (AvgIpc) is 2.63. The van der Waals surface area contributed by atoms with Crippen LogP contribution in [0, 0.1) is 0 Å². The van der Waals surface area contributed by atoms with Gasteiger partial charge in [0.05, 0.1) is 0 Å². The van der Waals surface area contributed by atoms with Crippen molar-refractivity contribution in [3.8, 4) is 0 Å². The number of rotatable bonds is 3. The van der Waals surface area contributed by atoms with E-state index in [-0.39, 0.29) is 11.9 Å². The zero-order chi connectivity index (χ0) is 13.8. The van der Waals surface area contributed by atoms with Crippen molar-refractivity contribution in [2.24, 2.45) is 0 Å². The minimum atomic E-state index is -0.266. The van der Waals surface area contributed by atoms with Crippen molar-refractivity contribution < 1.29 is 4.79 Å². The molecule has 104 valence electrons. The number of amides is 1. The fourth-order valence-corrected chi connectivity index (χ4v) is 2.48. The Hall–Kier alpha value is -1.65. The quantitative estimate of drug-likeness (QED) is 0.841. The molecule has 1 heterocycles. The average molecular weight is 262 g/mol. The van der Waals surface area contributed by atoms with Gasteiger partial charge in [-0.2, -0.15) is 0 Å². The van der Waals surface area contributed by atoms with Crippen LogP contribution in [-0.4, -0.2) is 40.9 Å². The van der Waals surface area contributed by atoms with Gasteiger partial charge in [-0.05, 0) is 32.6 Å². The first kappa shape index (κ1) is 13.8. The number of nitrogens with zero attached hydrogens (tertiary/aromatic N) is 3. The molecule has 0 saturated carbocycles. The van der Waals surface area contributed by atoms with Crippen LogP contribution in [0.4, 0.5) is 5.82 Å². The van der Waals surface area contributed by atoms with Crippen LogP contribution in [0.2, 0.25) is 0 Å². The summed E-state index contributed by atoms with van der Waals surface area (Å²) < 4.78 is 0. The SMILES string of the molecule is CC(Nc1ncnc2c1CCCCC2)C(=O)N(C)C. The van der Waals surface area contributed by atoms with Crippen LogP contribution < -0.4 is 5.32 Å². The molecule has 2 rings (SSSR count). The van der Waals surface area contributed by atoms with Crippen LogP contribution in [0.3, 0.4) is 0 Å². The number of hydrogen-bond donors (Lipinski definition) is 1. The molecule has 5 nitrogen and oxygen atoms in total. The molecular weight excluding hydrogens is 240 g/mol. The molecule has 0 fully saturated rings. The second-order valence-electron chi connectivity index (χ2n) is 5.31. The lowest BCUT2D eigenvalue weighted by Gasteiger charge is -2.20. The molecule has 1 unspecified atom stereocenters. The monoisotopic (exact) mass is 262 g/mol. The van der Waals surface area contributed by atoms with Crippen molar-refractivity contribution in [2.45, 2.75) is 45.1 Å². The van der Waals surface area contributed by atoms with Gasteiger partial charge in [-0.25, -0.2) is 9.97 Å². The maximum Gasteiger partial charge on any atom is 0.244 e. The van der Waals surface area contributed by atoms with Gasteiger partial charge in [-0.15, -0.1) is 0 Å². The van der Waals surface area contributed by atoms with Crippen LogP contribution >= 0.6 is 0 Å². The van der Waals surface area contributed by atoms with Crippen molar-refractivity contribution in [3.63, 3.8) is 0 Å². The highest BCUT2D eigenvalue weighted by atomic mass is 16.2. The van der Waals surface area contributed by atoms with Crippen molar-refractivity contribution in [1.29, 1.82) is 0 Å². The summed E-state index contributed by atoms with van der Waals surface area (Å²) in [7, 11) is 3.53. The smallest absolute Gasteiger partial charge is 0.244 e. The predicted molar refractivity (Wildman–Crippen MR) is 75.1 cm³/mol. The van der Waals surface area contributed by atoms with Gasteiger partial charge < -0.3 is 10.2 Å². The Morgan fingerprint density at radius 1 is 1.26 bits per heavy atom. The Labute approximate surface area is 114 Å². The van der Waals surface area contributed by atoms with E-state index in [1.54, 1.807) is 25.3 Å². The molecule has 0 aromatic carbocycles. The van der Waals surface area contributed by atoms with Gasteiger partial charge in [0.2, 0.25) is 5.91 Å². The number of fused-ring (bicyclic) bond motifs is 1. The highest BCUT2D eigenvalue weighted by Crippen LogP contribution is 2.24. The number of nitrogens with one attached hydrogen (secondary N) is 1. The predicted octanol–water partition coefficient (Wildman–Crippen LogP) is 1.63. The molecule has 1 aromatic rings. The summed E-state index contributed by atoms with van der Waals surface area (Å²) in [5.74, 6) is 0.885. The second kappa shape index (κ2) is 5.99. The Balaban J connectivity index is 2.19. The molecule has 0 aliphatic heterocycles. The number of likely N-dealkylation sites (N-methyl/N-ethyl adjacent to an activating group) is 1. The number of hydrogen-bond acceptors (Lipinski definition) is 4. The Morgan fingerprint density at radius 2 is 2.00 bits per heavy atom. The second-order valence-corrected chi connectivity index (χ2v) is 5.31. The number of anilines is 1. The lowest BCUT2D eigenvalue weighted by atomic mass is 10.1. The first-order valence-electron chi connectivity index (χ1n) is 6.90. The number of carbonyl (C=O) groups excluding carboxylic acids is 1. The van der Waals surface area contributed by atoms with Gasteiger partial charge in [0.1, 0.15) is 18.2 Å². The molecule has 1 aromatic heterocycles. The molecule has 0 bridgehead atoms. The van der Waals surface area contributed by atoms with Crippen molar-refractivity contribution >= 4 is 11.7 Å². The van der Waals surface area contributed by atoms with E-state index in [0.29, 0.717) is 0 Å². The summed E-state index contributed by atoms with van der Waals surface area (Å²) in [6.45, 7) is 1.87. The van der Waals surface area contributed by atoms with E-state index < -0.39 is 0 Å². The van der Waals surface area contributed by atoms with Gasteiger partial charge in [0.15, 0.2) is 0 Å². The standard InChI is InChI=1S/C14H22N4O/c1-10(14(19)18(2)3)17-13-11-7-5-4-6-8-12(11)15-9-16-13/h9-10H,4-8H2,1-3H3,(H,15,16,17). The molecular formula is C14H22N4O. The summed E-state index contributed by atoms with van der Waals surface area (Å²) in [5, 5.41) is 3.24. The Morgan fingerprint density at radius 3 is 2.74 bits per heavy atom. The molecule has 1 atom stereocenters. The van der Waals surface area contributed by atoms with E-state index in [2.05, 4.69) is 15.3 Å². The highest BCUT2D eigenvalue weighted by molar-refractivity contribution is 5.83. The normalized spacial score (nSPS) is 16.2. The van der Waals surface area contributed by atoms with E-state index in [1.165, 1.54) is 24.8 Å². The highest BCUT2D eigenvalue weighted by Gasteiger charge is 2.19. The van der Waals surface area contributed by atoms with Gasteiger partial charge in [0.25, 0.3) is 0 Å². The molecule has 5 heteroatoms. The summed E-state index contributed by atoms with van der Waals surface area (Å²) in [6, 6.07) is -0.266. The lowest BCUT2D eigenvalue weighted by Crippen LogP contribution is -2.37. The van der Waals surface area contributed by atoms with Crippen molar-refractivity contribution in [1.82, 2.24) is 14.9 Å². The van der Waals surface area contributed by atoms with Gasteiger partial charge >= 0.3 is 0 Å². The molecule has 1 aliphatic rings. The fraction of sp³-hybridized carbons (Fsp3) is 0.643. The van der Waals surface area contributed by atoms with E-state index in [9.17, 15) is 4.79 Å². The van der Waals surface area contributed by atoms with Crippen molar-refractivity contribution in [2.75, 3.05) is 19.4 Å². The topological polar surface area (TPSA) is 58.1 Å². The van der Waals surface area contributed by atoms with Crippen LogP contribution in [0.15, 0.2) is 6.33 Å². The van der Waals surface area contributed by atoms with E-state index in [1.807, 2.05) is 6.92 Å². The van der Waals surface area contributed by atoms with E-state index >= 15 is 0 Å². The number of carbonyl (C=O) groups is 1. The molecule has 0 radical (unpaired) electrons. The van der Waals surface area contributed by atoms with Crippen LogP contribution in [0.1, 0.15) is 37.4 Å². The fourth-order valence-electron chi connectivity index (χ4n) is 2.48. The summed E-state index contributed by atoms with van der Waals surface area (Å²) in [5.41, 5.74) is 2.33. The first-order chi connectivity index (χ1) is 9.09. The Kier molecular flexibility index (Phi) is 4.35. The maximum atomic E-state index is 11.9. The molecule has 1 aliphatic carbocycles. The van der Waals surface area contributed by atoms with Crippen LogP contribution in [-0.2, 0) is 17.6 Å². The molecule has 1 N–H and O–H groups in total. The zero-order valence-corrected chi connectivity index (χ0v) is 11.9. The van der Waals surface area contributed by atoms with Gasteiger partial charge in [-0.3, -0.25) is 4.79 Å².